The van der Waals surface area contributed by atoms with Crippen molar-refractivity contribution in [3.8, 4) is 12.3 Å². The number of aliphatic hydroxyl groups excluding tert-OH is 1. The van der Waals surface area contributed by atoms with Crippen LogP contribution in [0.1, 0.15) is 42.9 Å². The van der Waals surface area contributed by atoms with E-state index < -0.39 is 6.10 Å². The Labute approximate surface area is 114 Å². The second kappa shape index (κ2) is 6.40. The number of carbonyl (C=O) groups is 1. The fourth-order valence-electron chi connectivity index (χ4n) is 2.51. The van der Waals surface area contributed by atoms with Gasteiger partial charge in [-0.25, -0.2) is 0 Å². The first kappa shape index (κ1) is 13.6. The third kappa shape index (κ3) is 3.36. The summed E-state index contributed by atoms with van der Waals surface area (Å²) in [5, 5.41) is 12.9. The minimum atomic E-state index is -0.521. The van der Waals surface area contributed by atoms with Crippen molar-refractivity contribution in [2.45, 2.75) is 44.2 Å². The molecule has 1 aliphatic rings. The summed E-state index contributed by atoms with van der Waals surface area (Å²) in [6.07, 6.45) is 8.09. The number of hydrogen-bond acceptors (Lipinski definition) is 2. The molecule has 0 radical (unpaired) electrons. The van der Waals surface area contributed by atoms with Crippen LogP contribution in [0, 0.1) is 12.3 Å². The summed E-state index contributed by atoms with van der Waals surface area (Å²) < 4.78 is 0. The van der Waals surface area contributed by atoms with E-state index in [1.165, 1.54) is 0 Å². The molecule has 1 amide bonds. The molecule has 0 aliphatic heterocycles. The fourth-order valence-corrected chi connectivity index (χ4v) is 2.51. The topological polar surface area (TPSA) is 49.3 Å². The zero-order chi connectivity index (χ0) is 13.7. The second-order valence-corrected chi connectivity index (χ2v) is 4.93. The molecule has 0 unspecified atom stereocenters. The van der Waals surface area contributed by atoms with Gasteiger partial charge in [0.05, 0.1) is 12.1 Å². The van der Waals surface area contributed by atoms with Gasteiger partial charge in [0.25, 0.3) is 0 Å². The molecule has 0 aromatic heterocycles. The maximum absolute atomic E-state index is 11.8. The molecule has 0 bridgehead atoms. The van der Waals surface area contributed by atoms with Crippen LogP contribution in [0.15, 0.2) is 24.3 Å². The molecule has 100 valence electrons. The maximum Gasteiger partial charge on any atom is 0.220 e. The third-order valence-corrected chi connectivity index (χ3v) is 3.50. The van der Waals surface area contributed by atoms with Crippen molar-refractivity contribution in [3.05, 3.63) is 35.4 Å². The van der Waals surface area contributed by atoms with Gasteiger partial charge in [0.2, 0.25) is 5.91 Å². The van der Waals surface area contributed by atoms with E-state index in [4.69, 9.17) is 6.42 Å². The predicted octanol–water partition coefficient (Wildman–Crippen LogP) is 1.95. The molecule has 0 fully saturated rings. The van der Waals surface area contributed by atoms with Gasteiger partial charge in [0.1, 0.15) is 0 Å². The predicted molar refractivity (Wildman–Crippen MR) is 74.3 cm³/mol. The van der Waals surface area contributed by atoms with E-state index in [1.807, 2.05) is 24.3 Å². The molecule has 2 rings (SSSR count). The molecule has 0 saturated carbocycles. The second-order valence-electron chi connectivity index (χ2n) is 4.93. The van der Waals surface area contributed by atoms with Crippen LogP contribution >= 0.6 is 0 Å². The Bertz CT molecular complexity index is 490. The first-order chi connectivity index (χ1) is 9.22. The SMILES string of the molecule is C#CCCCCC(=O)N[C@@H]1c2ccccc2C[C@@H]1O. The zero-order valence-corrected chi connectivity index (χ0v) is 10.9. The lowest BCUT2D eigenvalue weighted by molar-refractivity contribution is -0.122. The summed E-state index contributed by atoms with van der Waals surface area (Å²) >= 11 is 0. The van der Waals surface area contributed by atoms with Gasteiger partial charge in [-0.3, -0.25) is 4.79 Å². The van der Waals surface area contributed by atoms with Crippen molar-refractivity contribution in [2.75, 3.05) is 0 Å². The number of terminal acetylenes is 1. The highest BCUT2D eigenvalue weighted by molar-refractivity contribution is 5.76. The van der Waals surface area contributed by atoms with E-state index in [0.29, 0.717) is 19.3 Å². The van der Waals surface area contributed by atoms with E-state index >= 15 is 0 Å². The summed E-state index contributed by atoms with van der Waals surface area (Å²) in [7, 11) is 0. The lowest BCUT2D eigenvalue weighted by atomic mass is 10.1. The molecule has 0 spiro atoms. The first-order valence-corrected chi connectivity index (χ1v) is 6.71. The van der Waals surface area contributed by atoms with Crippen molar-refractivity contribution < 1.29 is 9.90 Å². The fraction of sp³-hybridized carbons (Fsp3) is 0.438. The first-order valence-electron chi connectivity index (χ1n) is 6.71. The molecular formula is C16H19NO2. The summed E-state index contributed by atoms with van der Waals surface area (Å²) in [5.74, 6) is 2.55. The molecule has 3 heteroatoms. The van der Waals surface area contributed by atoms with Crippen molar-refractivity contribution in [2.24, 2.45) is 0 Å². The van der Waals surface area contributed by atoms with Crippen LogP contribution in [0.4, 0.5) is 0 Å². The molecule has 0 heterocycles. The van der Waals surface area contributed by atoms with Crippen LogP contribution in [0.3, 0.4) is 0 Å². The molecule has 19 heavy (non-hydrogen) atoms. The smallest absolute Gasteiger partial charge is 0.220 e. The molecule has 3 nitrogen and oxygen atoms in total. The third-order valence-electron chi connectivity index (χ3n) is 3.50. The number of benzene rings is 1. The Morgan fingerprint density at radius 1 is 1.42 bits per heavy atom. The number of nitrogens with one attached hydrogen (secondary N) is 1. The minimum absolute atomic E-state index is 0.0159. The highest BCUT2D eigenvalue weighted by Crippen LogP contribution is 2.31. The molecule has 1 aromatic carbocycles. The van der Waals surface area contributed by atoms with Gasteiger partial charge < -0.3 is 10.4 Å². The monoisotopic (exact) mass is 257 g/mol. The normalized spacial score (nSPS) is 20.6. The van der Waals surface area contributed by atoms with Gasteiger partial charge in [-0.05, 0) is 24.0 Å². The van der Waals surface area contributed by atoms with Crippen LogP contribution in [0.2, 0.25) is 0 Å². The largest absolute Gasteiger partial charge is 0.390 e. The van der Waals surface area contributed by atoms with Crippen LogP contribution < -0.4 is 5.32 Å². The molecule has 2 N–H and O–H groups in total. The maximum atomic E-state index is 11.8. The summed E-state index contributed by atoms with van der Waals surface area (Å²) in [5.41, 5.74) is 2.15. The molecule has 1 aromatic rings. The number of unbranched alkanes of at least 4 members (excludes halogenated alkanes) is 2. The number of aliphatic hydroxyl groups is 1. The van der Waals surface area contributed by atoms with Gasteiger partial charge in [0, 0.05) is 19.3 Å². The minimum Gasteiger partial charge on any atom is -0.390 e. The number of hydrogen-bond donors (Lipinski definition) is 2. The Kier molecular flexibility index (Phi) is 4.59. The standard InChI is InChI=1S/C16H19NO2/c1-2-3-4-5-10-15(19)17-16-13-9-7-6-8-12(13)11-14(16)18/h1,6-9,14,16,18H,3-5,10-11H2,(H,17,19)/t14-,16+/m0/s1. The average Bonchev–Trinajstić information content (AvgIpc) is 2.72. The Morgan fingerprint density at radius 2 is 2.21 bits per heavy atom. The van der Waals surface area contributed by atoms with Crippen LogP contribution in [0.5, 0.6) is 0 Å². The van der Waals surface area contributed by atoms with Gasteiger partial charge in [-0.2, -0.15) is 0 Å². The number of rotatable bonds is 5. The lowest BCUT2D eigenvalue weighted by Gasteiger charge is -2.17. The highest BCUT2D eigenvalue weighted by Gasteiger charge is 2.31. The van der Waals surface area contributed by atoms with Crippen molar-refractivity contribution in [1.82, 2.24) is 5.32 Å². The van der Waals surface area contributed by atoms with Crippen molar-refractivity contribution in [1.29, 1.82) is 0 Å². The molecule has 0 saturated heterocycles. The van der Waals surface area contributed by atoms with Gasteiger partial charge in [0.15, 0.2) is 0 Å². The van der Waals surface area contributed by atoms with E-state index in [1.54, 1.807) is 0 Å². The van der Waals surface area contributed by atoms with Gasteiger partial charge >= 0.3 is 0 Å². The summed E-state index contributed by atoms with van der Waals surface area (Å²) in [4.78, 5) is 11.8. The molecule has 1 aliphatic carbocycles. The van der Waals surface area contributed by atoms with Crippen LogP contribution in [-0.2, 0) is 11.2 Å². The van der Waals surface area contributed by atoms with Crippen molar-refractivity contribution in [3.63, 3.8) is 0 Å². The van der Waals surface area contributed by atoms with E-state index in [2.05, 4.69) is 11.2 Å². The van der Waals surface area contributed by atoms with E-state index in [0.717, 1.165) is 24.0 Å². The quantitative estimate of drug-likeness (QED) is 0.625. The summed E-state index contributed by atoms with van der Waals surface area (Å²) in [6, 6.07) is 7.58. The van der Waals surface area contributed by atoms with E-state index in [-0.39, 0.29) is 11.9 Å². The Hall–Kier alpha value is -1.79. The highest BCUT2D eigenvalue weighted by atomic mass is 16.3. The average molecular weight is 257 g/mol. The Balaban J connectivity index is 1.89. The van der Waals surface area contributed by atoms with Gasteiger partial charge in [-0.1, -0.05) is 24.3 Å². The molecular weight excluding hydrogens is 238 g/mol. The van der Waals surface area contributed by atoms with Gasteiger partial charge in [-0.15, -0.1) is 12.3 Å². The number of fused-ring (bicyclic) bond motifs is 1. The summed E-state index contributed by atoms with van der Waals surface area (Å²) in [6.45, 7) is 0. The van der Waals surface area contributed by atoms with Crippen LogP contribution in [-0.4, -0.2) is 17.1 Å². The van der Waals surface area contributed by atoms with E-state index in [9.17, 15) is 9.90 Å². The molecule has 2 atom stereocenters. The van der Waals surface area contributed by atoms with Crippen LogP contribution in [0.25, 0.3) is 0 Å². The van der Waals surface area contributed by atoms with Crippen molar-refractivity contribution >= 4 is 5.91 Å². The number of carbonyl (C=O) groups excluding carboxylic acids is 1. The zero-order valence-electron chi connectivity index (χ0n) is 10.9. The lowest BCUT2D eigenvalue weighted by Crippen LogP contribution is -2.33. The Morgan fingerprint density at radius 3 is 3.00 bits per heavy atom. The number of amides is 1.